The molecule has 0 spiro atoms. The van der Waals surface area contributed by atoms with Crippen molar-refractivity contribution in [2.24, 2.45) is 0 Å². The van der Waals surface area contributed by atoms with E-state index in [4.69, 9.17) is 0 Å². The summed E-state index contributed by atoms with van der Waals surface area (Å²) in [5.74, 6) is -0.275. The minimum Gasteiger partial charge on any atom is -0.307 e. The Morgan fingerprint density at radius 2 is 2.03 bits per heavy atom. The molecular formula is C23H26FN5O. The van der Waals surface area contributed by atoms with E-state index in [9.17, 15) is 9.18 Å². The maximum atomic E-state index is 13.6. The molecule has 0 saturated heterocycles. The standard InChI is InChI=1S/C23H26FN5O/c1-5-20(28-16(4)13-19(26-28)15(2)3)23(30)27-12-6-7-21-22(27)14-25-29(21)18-10-8-17(24)9-11-18/h8-11,13-14,20H,2,5-7,12H2,1,3-4H3. The zero-order valence-electron chi connectivity index (χ0n) is 17.6. The average molecular weight is 407 g/mol. The summed E-state index contributed by atoms with van der Waals surface area (Å²) >= 11 is 0. The van der Waals surface area contributed by atoms with E-state index in [0.29, 0.717) is 13.0 Å². The summed E-state index contributed by atoms with van der Waals surface area (Å²) < 4.78 is 16.9. The molecule has 1 aromatic carbocycles. The number of allylic oxidation sites excluding steroid dienone is 1. The van der Waals surface area contributed by atoms with Gasteiger partial charge in [0.25, 0.3) is 5.91 Å². The van der Waals surface area contributed by atoms with Crippen LogP contribution in [0.25, 0.3) is 11.3 Å². The highest BCUT2D eigenvalue weighted by molar-refractivity contribution is 5.97. The van der Waals surface area contributed by atoms with E-state index in [2.05, 4.69) is 16.8 Å². The number of halogens is 1. The summed E-state index contributed by atoms with van der Waals surface area (Å²) in [6.07, 6.45) is 4.03. The summed E-state index contributed by atoms with van der Waals surface area (Å²) in [5, 5.41) is 9.13. The highest BCUT2D eigenvalue weighted by Gasteiger charge is 2.32. The number of aryl methyl sites for hydroxylation is 1. The first-order chi connectivity index (χ1) is 14.4. The van der Waals surface area contributed by atoms with Crippen molar-refractivity contribution >= 4 is 17.2 Å². The van der Waals surface area contributed by atoms with Crippen LogP contribution in [0.2, 0.25) is 0 Å². The lowest BCUT2D eigenvalue weighted by molar-refractivity contribution is -0.122. The number of nitrogens with zero attached hydrogens (tertiary/aromatic N) is 5. The third kappa shape index (κ3) is 3.44. The van der Waals surface area contributed by atoms with Gasteiger partial charge in [-0.15, -0.1) is 0 Å². The number of hydrogen-bond acceptors (Lipinski definition) is 3. The average Bonchev–Trinajstić information content (AvgIpc) is 3.33. The zero-order valence-corrected chi connectivity index (χ0v) is 17.6. The Kier molecular flexibility index (Phi) is 5.28. The SMILES string of the molecule is C=C(C)c1cc(C)n(C(CC)C(=O)N2CCCc3c2cnn3-c2ccc(F)cc2)n1. The molecule has 0 aliphatic carbocycles. The largest absolute Gasteiger partial charge is 0.307 e. The molecule has 0 bridgehead atoms. The molecule has 0 saturated carbocycles. The van der Waals surface area contributed by atoms with E-state index < -0.39 is 6.04 Å². The van der Waals surface area contributed by atoms with Gasteiger partial charge in [0, 0.05) is 12.2 Å². The van der Waals surface area contributed by atoms with E-state index in [1.54, 1.807) is 23.0 Å². The van der Waals surface area contributed by atoms with Crippen LogP contribution in [0.4, 0.5) is 10.1 Å². The van der Waals surface area contributed by atoms with Gasteiger partial charge >= 0.3 is 0 Å². The fourth-order valence-electron chi connectivity index (χ4n) is 4.03. The van der Waals surface area contributed by atoms with Crippen LogP contribution in [-0.4, -0.2) is 32.0 Å². The minimum atomic E-state index is -0.391. The van der Waals surface area contributed by atoms with Gasteiger partial charge in [-0.1, -0.05) is 13.5 Å². The van der Waals surface area contributed by atoms with Gasteiger partial charge in [-0.3, -0.25) is 9.48 Å². The number of fused-ring (bicyclic) bond motifs is 1. The molecule has 1 atom stereocenters. The number of hydrogen-bond donors (Lipinski definition) is 0. The van der Waals surface area contributed by atoms with E-state index in [1.807, 2.05) is 36.4 Å². The summed E-state index contributed by atoms with van der Waals surface area (Å²) in [7, 11) is 0. The first kappa shape index (κ1) is 20.1. The summed E-state index contributed by atoms with van der Waals surface area (Å²) in [4.78, 5) is 15.4. The van der Waals surface area contributed by atoms with Crippen LogP contribution in [0.3, 0.4) is 0 Å². The lowest BCUT2D eigenvalue weighted by Gasteiger charge is -2.30. The smallest absolute Gasteiger partial charge is 0.251 e. The molecule has 30 heavy (non-hydrogen) atoms. The van der Waals surface area contributed by atoms with Crippen molar-refractivity contribution in [1.29, 1.82) is 0 Å². The molecule has 4 rings (SSSR count). The zero-order chi connectivity index (χ0) is 21.4. The molecule has 1 unspecified atom stereocenters. The quantitative estimate of drug-likeness (QED) is 0.627. The van der Waals surface area contributed by atoms with Crippen molar-refractivity contribution in [1.82, 2.24) is 19.6 Å². The lowest BCUT2D eigenvalue weighted by Crippen LogP contribution is -2.41. The monoisotopic (exact) mass is 407 g/mol. The fourth-order valence-corrected chi connectivity index (χ4v) is 4.03. The lowest BCUT2D eigenvalue weighted by atomic mass is 10.1. The molecule has 6 nitrogen and oxygen atoms in total. The molecule has 0 fully saturated rings. The molecule has 156 valence electrons. The van der Waals surface area contributed by atoms with Gasteiger partial charge in [-0.25, -0.2) is 9.07 Å². The van der Waals surface area contributed by atoms with E-state index in [-0.39, 0.29) is 11.7 Å². The topological polar surface area (TPSA) is 56.0 Å². The Labute approximate surface area is 175 Å². The molecule has 3 aromatic rings. The molecule has 1 aliphatic rings. The first-order valence-electron chi connectivity index (χ1n) is 10.3. The van der Waals surface area contributed by atoms with Crippen LogP contribution in [-0.2, 0) is 11.2 Å². The third-order valence-corrected chi connectivity index (χ3v) is 5.60. The van der Waals surface area contributed by atoms with Crippen LogP contribution >= 0.6 is 0 Å². The fraction of sp³-hybridized carbons (Fsp3) is 0.348. The van der Waals surface area contributed by atoms with Gasteiger partial charge < -0.3 is 4.90 Å². The van der Waals surface area contributed by atoms with Gasteiger partial charge in [-0.2, -0.15) is 10.2 Å². The Balaban J connectivity index is 1.68. The van der Waals surface area contributed by atoms with Gasteiger partial charge in [0.1, 0.15) is 11.9 Å². The van der Waals surface area contributed by atoms with Crippen molar-refractivity contribution in [2.75, 3.05) is 11.4 Å². The van der Waals surface area contributed by atoms with Gasteiger partial charge in [0.15, 0.2) is 0 Å². The van der Waals surface area contributed by atoms with Gasteiger partial charge in [0.05, 0.1) is 29.0 Å². The number of carbonyl (C=O) groups excluding carboxylic acids is 1. The predicted octanol–water partition coefficient (Wildman–Crippen LogP) is 4.48. The van der Waals surface area contributed by atoms with Gasteiger partial charge in [0.2, 0.25) is 0 Å². The second kappa shape index (κ2) is 7.89. The maximum Gasteiger partial charge on any atom is 0.251 e. The number of carbonyl (C=O) groups is 1. The maximum absolute atomic E-state index is 13.6. The summed E-state index contributed by atoms with van der Waals surface area (Å²) in [6, 6.07) is 7.81. The van der Waals surface area contributed by atoms with E-state index in [1.165, 1.54) is 12.1 Å². The van der Waals surface area contributed by atoms with Crippen LogP contribution in [0.1, 0.15) is 49.8 Å². The number of anilines is 1. The molecule has 1 aliphatic heterocycles. The molecular weight excluding hydrogens is 381 g/mol. The molecule has 1 amide bonds. The van der Waals surface area contributed by atoms with Crippen LogP contribution in [0.15, 0.2) is 43.1 Å². The first-order valence-corrected chi connectivity index (χ1v) is 10.3. The minimum absolute atomic E-state index is 0.0107. The number of aromatic nitrogens is 4. The van der Waals surface area contributed by atoms with Crippen molar-refractivity contribution in [3.05, 3.63) is 66.0 Å². The number of rotatable bonds is 5. The van der Waals surface area contributed by atoms with E-state index >= 15 is 0 Å². The highest BCUT2D eigenvalue weighted by atomic mass is 19.1. The number of benzene rings is 1. The third-order valence-electron chi connectivity index (χ3n) is 5.60. The molecule has 0 N–H and O–H groups in total. The Bertz CT molecular complexity index is 1100. The Morgan fingerprint density at radius 1 is 1.30 bits per heavy atom. The molecule has 0 radical (unpaired) electrons. The Morgan fingerprint density at radius 3 is 2.67 bits per heavy atom. The normalized spacial score (nSPS) is 14.5. The highest BCUT2D eigenvalue weighted by Crippen LogP contribution is 2.32. The van der Waals surface area contributed by atoms with Gasteiger partial charge in [-0.05, 0) is 69.0 Å². The van der Waals surface area contributed by atoms with Crippen molar-refractivity contribution in [3.8, 4) is 5.69 Å². The van der Waals surface area contributed by atoms with Crippen molar-refractivity contribution in [2.45, 2.75) is 46.1 Å². The number of amides is 1. The van der Waals surface area contributed by atoms with Crippen LogP contribution in [0.5, 0.6) is 0 Å². The second-order valence-electron chi connectivity index (χ2n) is 7.78. The van der Waals surface area contributed by atoms with Crippen LogP contribution < -0.4 is 4.90 Å². The van der Waals surface area contributed by atoms with Crippen molar-refractivity contribution in [3.63, 3.8) is 0 Å². The summed E-state index contributed by atoms with van der Waals surface area (Å²) in [5.41, 5.74) is 5.19. The Hall–Kier alpha value is -3.22. The predicted molar refractivity (Wildman–Crippen MR) is 115 cm³/mol. The molecule has 2 aromatic heterocycles. The van der Waals surface area contributed by atoms with Crippen LogP contribution in [0, 0.1) is 12.7 Å². The second-order valence-corrected chi connectivity index (χ2v) is 7.78. The summed E-state index contributed by atoms with van der Waals surface area (Å²) in [6.45, 7) is 10.5. The van der Waals surface area contributed by atoms with E-state index in [0.717, 1.165) is 46.9 Å². The molecule has 3 heterocycles. The molecule has 7 heteroatoms. The van der Waals surface area contributed by atoms with Crippen molar-refractivity contribution < 1.29 is 9.18 Å².